The van der Waals surface area contributed by atoms with Crippen molar-refractivity contribution in [2.75, 3.05) is 6.61 Å². The van der Waals surface area contributed by atoms with Crippen LogP contribution in [-0.4, -0.2) is 28.8 Å². The minimum absolute atomic E-state index is 0.119. The fraction of sp³-hybridized carbons (Fsp3) is 0.385. The molecule has 18 heavy (non-hydrogen) atoms. The third-order valence-corrected chi connectivity index (χ3v) is 3.21. The van der Waals surface area contributed by atoms with E-state index < -0.39 is 5.97 Å². The Morgan fingerprint density at radius 3 is 3.00 bits per heavy atom. The van der Waals surface area contributed by atoms with E-state index in [4.69, 9.17) is 14.3 Å². The molecule has 1 aromatic heterocycles. The number of fused-ring (bicyclic) bond motifs is 1. The van der Waals surface area contributed by atoms with Gasteiger partial charge in [-0.3, -0.25) is 0 Å². The molecule has 0 spiro atoms. The Morgan fingerprint density at radius 1 is 1.50 bits per heavy atom. The number of hydrogen-bond donors (Lipinski definition) is 1. The number of hydrogen-bond acceptors (Lipinski definition) is 4. The topological polar surface area (TPSA) is 72.6 Å². The zero-order chi connectivity index (χ0) is 12.7. The van der Waals surface area contributed by atoms with E-state index in [1.54, 1.807) is 12.1 Å². The van der Waals surface area contributed by atoms with Gasteiger partial charge in [-0.2, -0.15) is 0 Å². The van der Waals surface area contributed by atoms with Crippen LogP contribution in [0.4, 0.5) is 0 Å². The van der Waals surface area contributed by atoms with Crippen LogP contribution in [0.25, 0.3) is 11.1 Å². The van der Waals surface area contributed by atoms with Gasteiger partial charge in [-0.25, -0.2) is 9.78 Å². The molecule has 3 rings (SSSR count). The van der Waals surface area contributed by atoms with E-state index in [2.05, 4.69) is 4.98 Å². The van der Waals surface area contributed by atoms with Crippen molar-refractivity contribution in [2.24, 2.45) is 0 Å². The molecule has 2 aromatic rings. The summed E-state index contributed by atoms with van der Waals surface area (Å²) in [5.74, 6) is -0.309. The average Bonchev–Trinajstić information content (AvgIpc) is 2.93. The lowest BCUT2D eigenvalue weighted by atomic mass is 10.1. The number of nitrogens with zero attached hydrogens (tertiary/aromatic N) is 1. The first-order valence-corrected chi connectivity index (χ1v) is 5.89. The number of carboxylic acid groups (broad SMARTS) is 1. The maximum Gasteiger partial charge on any atom is 0.339 e. The SMILES string of the molecule is CC1CC(c2nc3cccc(C(=O)O)c3o2)CO1. The van der Waals surface area contributed by atoms with Gasteiger partial charge in [0.25, 0.3) is 0 Å². The van der Waals surface area contributed by atoms with E-state index in [0.29, 0.717) is 23.6 Å². The second kappa shape index (κ2) is 4.10. The highest BCUT2D eigenvalue weighted by Gasteiger charge is 2.28. The number of ether oxygens (including phenoxy) is 1. The maximum absolute atomic E-state index is 11.1. The summed E-state index contributed by atoms with van der Waals surface area (Å²) in [6, 6.07) is 4.95. The molecule has 5 nitrogen and oxygen atoms in total. The van der Waals surface area contributed by atoms with Gasteiger partial charge in [-0.15, -0.1) is 0 Å². The number of oxazole rings is 1. The fourth-order valence-electron chi connectivity index (χ4n) is 2.30. The van der Waals surface area contributed by atoms with Crippen molar-refractivity contribution in [3.8, 4) is 0 Å². The molecule has 2 heterocycles. The summed E-state index contributed by atoms with van der Waals surface area (Å²) in [6.07, 6.45) is 1.05. The van der Waals surface area contributed by atoms with Crippen LogP contribution in [0.5, 0.6) is 0 Å². The highest BCUT2D eigenvalue weighted by Crippen LogP contribution is 2.31. The van der Waals surface area contributed by atoms with Gasteiger partial charge in [-0.05, 0) is 25.5 Å². The maximum atomic E-state index is 11.1. The number of aromatic carboxylic acids is 1. The number of aromatic nitrogens is 1. The molecule has 1 aliphatic rings. The normalized spacial score (nSPS) is 23.6. The lowest BCUT2D eigenvalue weighted by Gasteiger charge is -2.00. The summed E-state index contributed by atoms with van der Waals surface area (Å²) in [4.78, 5) is 15.4. The highest BCUT2D eigenvalue weighted by molar-refractivity contribution is 5.99. The van der Waals surface area contributed by atoms with Crippen molar-refractivity contribution < 1.29 is 19.1 Å². The minimum Gasteiger partial charge on any atom is -0.478 e. The second-order valence-electron chi connectivity index (χ2n) is 4.59. The lowest BCUT2D eigenvalue weighted by molar-refractivity contribution is 0.0698. The van der Waals surface area contributed by atoms with Gasteiger partial charge in [0.2, 0.25) is 5.89 Å². The van der Waals surface area contributed by atoms with Crippen molar-refractivity contribution in [2.45, 2.75) is 25.4 Å². The van der Waals surface area contributed by atoms with Gasteiger partial charge in [-0.1, -0.05) is 6.07 Å². The van der Waals surface area contributed by atoms with Crippen LogP contribution < -0.4 is 0 Å². The van der Waals surface area contributed by atoms with Crippen LogP contribution >= 0.6 is 0 Å². The molecular weight excluding hydrogens is 234 g/mol. The van der Waals surface area contributed by atoms with E-state index in [9.17, 15) is 4.79 Å². The Labute approximate surface area is 103 Å². The largest absolute Gasteiger partial charge is 0.478 e. The number of para-hydroxylation sites is 1. The van der Waals surface area contributed by atoms with Crippen LogP contribution in [0.1, 0.15) is 35.5 Å². The third kappa shape index (κ3) is 1.76. The van der Waals surface area contributed by atoms with Crippen LogP contribution in [-0.2, 0) is 4.74 Å². The molecule has 5 heteroatoms. The van der Waals surface area contributed by atoms with Crippen molar-refractivity contribution in [3.05, 3.63) is 29.7 Å². The Balaban J connectivity index is 2.05. The van der Waals surface area contributed by atoms with Crippen molar-refractivity contribution >= 4 is 17.1 Å². The smallest absolute Gasteiger partial charge is 0.339 e. The van der Waals surface area contributed by atoms with Gasteiger partial charge in [0.15, 0.2) is 5.58 Å². The van der Waals surface area contributed by atoms with Crippen LogP contribution in [0.15, 0.2) is 22.6 Å². The van der Waals surface area contributed by atoms with Gasteiger partial charge >= 0.3 is 5.97 Å². The molecule has 2 atom stereocenters. The van der Waals surface area contributed by atoms with Crippen LogP contribution in [0.2, 0.25) is 0 Å². The summed E-state index contributed by atoms with van der Waals surface area (Å²) >= 11 is 0. The molecule has 94 valence electrons. The predicted octanol–water partition coefficient (Wildman–Crippen LogP) is 2.42. The molecule has 1 fully saturated rings. The predicted molar refractivity (Wildman–Crippen MR) is 63.7 cm³/mol. The lowest BCUT2D eigenvalue weighted by Crippen LogP contribution is -1.97. The van der Waals surface area contributed by atoms with Crippen molar-refractivity contribution in [1.29, 1.82) is 0 Å². The third-order valence-electron chi connectivity index (χ3n) is 3.21. The zero-order valence-electron chi connectivity index (χ0n) is 9.92. The van der Waals surface area contributed by atoms with Gasteiger partial charge in [0.05, 0.1) is 18.6 Å². The number of rotatable bonds is 2. The summed E-state index contributed by atoms with van der Waals surface area (Å²) in [7, 11) is 0. The van der Waals surface area contributed by atoms with E-state index in [-0.39, 0.29) is 17.6 Å². The van der Waals surface area contributed by atoms with E-state index in [1.807, 2.05) is 6.92 Å². The molecule has 0 aliphatic carbocycles. The number of carboxylic acids is 1. The van der Waals surface area contributed by atoms with E-state index in [0.717, 1.165) is 6.42 Å². The van der Waals surface area contributed by atoms with Gasteiger partial charge in [0, 0.05) is 0 Å². The molecule has 0 radical (unpaired) electrons. The first-order valence-electron chi connectivity index (χ1n) is 5.89. The zero-order valence-corrected chi connectivity index (χ0v) is 9.92. The first-order chi connectivity index (χ1) is 8.65. The van der Waals surface area contributed by atoms with Gasteiger partial charge < -0.3 is 14.3 Å². The Bertz CT molecular complexity index is 604. The molecule has 0 amide bonds. The molecule has 1 aromatic carbocycles. The number of carbonyl (C=O) groups is 1. The molecule has 0 saturated carbocycles. The Morgan fingerprint density at radius 2 is 2.33 bits per heavy atom. The molecular formula is C13H13NO4. The Hall–Kier alpha value is -1.88. The second-order valence-corrected chi connectivity index (χ2v) is 4.59. The van der Waals surface area contributed by atoms with Gasteiger partial charge in [0.1, 0.15) is 11.1 Å². The Kier molecular flexibility index (Phi) is 2.56. The standard InChI is InChI=1S/C13H13NO4/c1-7-5-8(6-17-7)12-14-10-4-2-3-9(13(15)16)11(10)18-12/h2-4,7-8H,5-6H2,1H3,(H,15,16). The average molecular weight is 247 g/mol. The summed E-state index contributed by atoms with van der Waals surface area (Å²) < 4.78 is 11.1. The quantitative estimate of drug-likeness (QED) is 0.882. The number of benzene rings is 1. The van der Waals surface area contributed by atoms with Crippen molar-refractivity contribution in [1.82, 2.24) is 4.98 Å². The fourth-order valence-corrected chi connectivity index (χ4v) is 2.30. The highest BCUT2D eigenvalue weighted by atomic mass is 16.5. The molecule has 2 unspecified atom stereocenters. The first kappa shape index (κ1) is 11.2. The van der Waals surface area contributed by atoms with E-state index in [1.165, 1.54) is 6.07 Å². The van der Waals surface area contributed by atoms with Crippen molar-refractivity contribution in [3.63, 3.8) is 0 Å². The minimum atomic E-state index is -1.00. The molecule has 1 saturated heterocycles. The van der Waals surface area contributed by atoms with Crippen LogP contribution in [0, 0.1) is 0 Å². The molecule has 1 N–H and O–H groups in total. The van der Waals surface area contributed by atoms with E-state index >= 15 is 0 Å². The molecule has 1 aliphatic heterocycles. The molecule has 0 bridgehead atoms. The summed E-state index contributed by atoms with van der Waals surface area (Å²) in [5, 5.41) is 9.09. The summed E-state index contributed by atoms with van der Waals surface area (Å²) in [6.45, 7) is 2.59. The van der Waals surface area contributed by atoms with Crippen LogP contribution in [0.3, 0.4) is 0 Å². The summed E-state index contributed by atoms with van der Waals surface area (Å²) in [5.41, 5.74) is 1.09. The monoisotopic (exact) mass is 247 g/mol.